The van der Waals surface area contributed by atoms with E-state index >= 15 is 0 Å². The maximum Gasteiger partial charge on any atom is 0.317 e. The van der Waals surface area contributed by atoms with Gasteiger partial charge in [0.25, 0.3) is 0 Å². The van der Waals surface area contributed by atoms with Gasteiger partial charge in [0.15, 0.2) is 0 Å². The number of nitrogens with one attached hydrogen (secondary N) is 1. The van der Waals surface area contributed by atoms with Gasteiger partial charge in [0.05, 0.1) is 18.2 Å². The van der Waals surface area contributed by atoms with E-state index in [0.29, 0.717) is 19.6 Å². The van der Waals surface area contributed by atoms with Crippen molar-refractivity contribution in [3.63, 3.8) is 0 Å². The fraction of sp³-hybridized carbons (Fsp3) is 0.500. The third-order valence-corrected chi connectivity index (χ3v) is 4.64. The Morgan fingerprint density at radius 3 is 2.80 bits per heavy atom. The predicted octanol–water partition coefficient (Wildman–Crippen LogP) is 2.15. The number of carbonyl (C=O) groups is 1. The van der Waals surface area contributed by atoms with Gasteiger partial charge in [-0.1, -0.05) is 0 Å². The molecule has 7 heteroatoms. The largest absolute Gasteiger partial charge is 0.489 e. The number of hydrogen-bond acceptors (Lipinski definition) is 4. The molecule has 0 bridgehead atoms. The van der Waals surface area contributed by atoms with Crippen LogP contribution in [-0.2, 0) is 6.54 Å². The normalized spacial score (nSPS) is 15.2. The van der Waals surface area contributed by atoms with Crippen LogP contribution in [0.25, 0.3) is 0 Å². The molecule has 0 aliphatic carbocycles. The molecule has 3 heterocycles. The van der Waals surface area contributed by atoms with Crippen molar-refractivity contribution >= 4 is 6.03 Å². The molecule has 0 aromatic carbocycles. The first kappa shape index (κ1) is 17.3. The highest BCUT2D eigenvalue weighted by molar-refractivity contribution is 5.74. The van der Waals surface area contributed by atoms with Crippen LogP contribution in [0.3, 0.4) is 0 Å². The lowest BCUT2D eigenvalue weighted by Gasteiger charge is -2.32. The number of aryl methyl sites for hydroxylation is 1. The molecule has 0 unspecified atom stereocenters. The Balaban J connectivity index is 1.39. The van der Waals surface area contributed by atoms with Gasteiger partial charge in [-0.3, -0.25) is 4.98 Å². The number of rotatable bonds is 5. The Kier molecular flexibility index (Phi) is 5.53. The summed E-state index contributed by atoms with van der Waals surface area (Å²) >= 11 is 0. The van der Waals surface area contributed by atoms with Crippen molar-refractivity contribution < 1.29 is 9.53 Å². The Bertz CT molecular complexity index is 693. The van der Waals surface area contributed by atoms with Crippen molar-refractivity contribution in [2.45, 2.75) is 39.3 Å². The summed E-state index contributed by atoms with van der Waals surface area (Å²) in [6, 6.07) is 3.77. The zero-order valence-electron chi connectivity index (χ0n) is 14.8. The molecule has 1 aliphatic rings. The van der Waals surface area contributed by atoms with E-state index in [1.807, 2.05) is 37.2 Å². The summed E-state index contributed by atoms with van der Waals surface area (Å²) in [7, 11) is 0. The van der Waals surface area contributed by atoms with Gasteiger partial charge in [-0.25, -0.2) is 9.78 Å². The molecule has 134 valence electrons. The van der Waals surface area contributed by atoms with Crippen LogP contribution in [0.2, 0.25) is 0 Å². The minimum absolute atomic E-state index is 0.00526. The molecule has 0 spiro atoms. The second-order valence-corrected chi connectivity index (χ2v) is 6.33. The van der Waals surface area contributed by atoms with Gasteiger partial charge in [-0.05, 0) is 26.0 Å². The third kappa shape index (κ3) is 4.49. The number of carbonyl (C=O) groups excluding carboxylic acids is 1. The first-order valence-corrected chi connectivity index (χ1v) is 8.71. The SMILES string of the molecule is Cc1ncn(CCNC(=O)N2CCC(Oc3cccnc3)CC2)c1C. The number of imidazole rings is 1. The van der Waals surface area contributed by atoms with Crippen molar-refractivity contribution in [2.75, 3.05) is 19.6 Å². The number of amides is 2. The molecule has 0 saturated carbocycles. The summed E-state index contributed by atoms with van der Waals surface area (Å²) < 4.78 is 7.97. The van der Waals surface area contributed by atoms with Gasteiger partial charge in [-0.2, -0.15) is 0 Å². The summed E-state index contributed by atoms with van der Waals surface area (Å²) in [5.74, 6) is 0.788. The van der Waals surface area contributed by atoms with Crippen LogP contribution in [0.4, 0.5) is 4.79 Å². The van der Waals surface area contributed by atoms with Gasteiger partial charge in [0.1, 0.15) is 11.9 Å². The Morgan fingerprint density at radius 2 is 2.16 bits per heavy atom. The Labute approximate surface area is 148 Å². The Morgan fingerprint density at radius 1 is 1.36 bits per heavy atom. The lowest BCUT2D eigenvalue weighted by atomic mass is 10.1. The molecule has 2 aromatic rings. The molecule has 7 nitrogen and oxygen atoms in total. The number of likely N-dealkylation sites (tertiary alicyclic amines) is 1. The number of pyridine rings is 1. The summed E-state index contributed by atoms with van der Waals surface area (Å²) in [5.41, 5.74) is 2.17. The lowest BCUT2D eigenvalue weighted by Crippen LogP contribution is -2.47. The van der Waals surface area contributed by atoms with Crippen LogP contribution >= 0.6 is 0 Å². The molecule has 1 aliphatic heterocycles. The second kappa shape index (κ2) is 8.00. The van der Waals surface area contributed by atoms with E-state index in [1.54, 1.807) is 12.4 Å². The fourth-order valence-electron chi connectivity index (χ4n) is 2.95. The van der Waals surface area contributed by atoms with Gasteiger partial charge >= 0.3 is 6.03 Å². The summed E-state index contributed by atoms with van der Waals surface area (Å²) in [4.78, 5) is 22.5. The Hall–Kier alpha value is -2.57. The molecule has 3 rings (SSSR count). The molecule has 1 N–H and O–H groups in total. The number of ether oxygens (including phenoxy) is 1. The number of aromatic nitrogens is 3. The van der Waals surface area contributed by atoms with Crippen LogP contribution in [0, 0.1) is 13.8 Å². The topological polar surface area (TPSA) is 72.3 Å². The highest BCUT2D eigenvalue weighted by Gasteiger charge is 2.23. The van der Waals surface area contributed by atoms with Crippen molar-refractivity contribution in [3.8, 4) is 5.75 Å². The fourth-order valence-corrected chi connectivity index (χ4v) is 2.95. The molecule has 2 amide bonds. The molecule has 2 aromatic heterocycles. The summed E-state index contributed by atoms with van der Waals surface area (Å²) in [5, 5.41) is 2.99. The molecular formula is C18H25N5O2. The molecular weight excluding hydrogens is 318 g/mol. The molecule has 1 fully saturated rings. The number of nitrogens with zero attached hydrogens (tertiary/aromatic N) is 4. The second-order valence-electron chi connectivity index (χ2n) is 6.33. The van der Waals surface area contributed by atoms with Crippen molar-refractivity contribution in [1.82, 2.24) is 24.8 Å². The predicted molar refractivity (Wildman–Crippen MR) is 94.6 cm³/mol. The minimum atomic E-state index is -0.00526. The standard InChI is InChI=1S/C18H25N5O2/c1-14-15(2)23(13-21-14)11-8-20-18(24)22-9-5-16(6-10-22)25-17-4-3-7-19-12-17/h3-4,7,12-13,16H,5-6,8-11H2,1-2H3,(H,20,24). The van der Waals surface area contributed by atoms with Gasteiger partial charge in [0.2, 0.25) is 0 Å². The van der Waals surface area contributed by atoms with Crippen LogP contribution in [0.1, 0.15) is 24.2 Å². The highest BCUT2D eigenvalue weighted by atomic mass is 16.5. The quantitative estimate of drug-likeness (QED) is 0.903. The molecule has 25 heavy (non-hydrogen) atoms. The van der Waals surface area contributed by atoms with Crippen LogP contribution in [-0.4, -0.2) is 51.2 Å². The van der Waals surface area contributed by atoms with E-state index in [1.165, 1.54) is 0 Å². The van der Waals surface area contributed by atoms with Gasteiger partial charge < -0.3 is 19.5 Å². The maximum absolute atomic E-state index is 12.3. The van der Waals surface area contributed by atoms with Crippen LogP contribution < -0.4 is 10.1 Å². The number of hydrogen-bond donors (Lipinski definition) is 1. The van der Waals surface area contributed by atoms with Crippen molar-refractivity contribution in [1.29, 1.82) is 0 Å². The van der Waals surface area contributed by atoms with E-state index in [4.69, 9.17) is 4.74 Å². The average Bonchev–Trinajstić information content (AvgIpc) is 2.95. The van der Waals surface area contributed by atoms with Gasteiger partial charge in [-0.15, -0.1) is 0 Å². The lowest BCUT2D eigenvalue weighted by molar-refractivity contribution is 0.110. The summed E-state index contributed by atoms with van der Waals surface area (Å²) in [6.07, 6.45) is 7.08. The first-order valence-electron chi connectivity index (χ1n) is 8.71. The van der Waals surface area contributed by atoms with Crippen LogP contribution in [0.5, 0.6) is 5.75 Å². The highest BCUT2D eigenvalue weighted by Crippen LogP contribution is 2.17. The molecule has 0 radical (unpaired) electrons. The molecule has 0 atom stereocenters. The van der Waals surface area contributed by atoms with E-state index in [0.717, 1.165) is 36.5 Å². The van der Waals surface area contributed by atoms with E-state index in [2.05, 4.69) is 19.9 Å². The monoisotopic (exact) mass is 343 g/mol. The summed E-state index contributed by atoms with van der Waals surface area (Å²) in [6.45, 7) is 6.78. The zero-order valence-corrected chi connectivity index (χ0v) is 14.8. The minimum Gasteiger partial charge on any atom is -0.489 e. The van der Waals surface area contributed by atoms with E-state index in [-0.39, 0.29) is 12.1 Å². The van der Waals surface area contributed by atoms with Crippen molar-refractivity contribution in [2.24, 2.45) is 0 Å². The van der Waals surface area contributed by atoms with E-state index in [9.17, 15) is 4.79 Å². The third-order valence-electron chi connectivity index (χ3n) is 4.64. The van der Waals surface area contributed by atoms with Crippen LogP contribution in [0.15, 0.2) is 30.9 Å². The number of piperidine rings is 1. The zero-order chi connectivity index (χ0) is 17.6. The van der Waals surface area contributed by atoms with Gasteiger partial charge in [0, 0.05) is 50.9 Å². The molecule has 1 saturated heterocycles. The smallest absolute Gasteiger partial charge is 0.317 e. The average molecular weight is 343 g/mol. The van der Waals surface area contributed by atoms with Crippen molar-refractivity contribution in [3.05, 3.63) is 42.2 Å². The maximum atomic E-state index is 12.3. The number of urea groups is 1. The van der Waals surface area contributed by atoms with E-state index < -0.39 is 0 Å². The first-order chi connectivity index (χ1) is 12.1.